The number of aliphatic hydroxyl groups excluding tert-OH is 1. The summed E-state index contributed by atoms with van der Waals surface area (Å²) < 4.78 is 0. The maximum atomic E-state index is 10.8. The van der Waals surface area contributed by atoms with Crippen LogP contribution in [0.2, 0.25) is 0 Å². The molecule has 0 heterocycles. The fourth-order valence-electron chi connectivity index (χ4n) is 2.61. The molecule has 0 radical (unpaired) electrons. The fourth-order valence-corrected chi connectivity index (χ4v) is 3.02. The molecular formula is C18H22OS. The molecule has 20 heavy (non-hydrogen) atoms. The number of thioether (sulfide) groups is 1. The Labute approximate surface area is 126 Å². The summed E-state index contributed by atoms with van der Waals surface area (Å²) in [5.41, 5.74) is 6.87. The number of aliphatic hydroxyl groups is 1. The SMILES string of the molecule is CSc1ccc(C(O)c2c(C)c(C)cc(C)c2C)cc1. The van der Waals surface area contributed by atoms with E-state index < -0.39 is 6.10 Å². The first-order valence-electron chi connectivity index (χ1n) is 6.85. The van der Waals surface area contributed by atoms with Crippen molar-refractivity contribution < 1.29 is 5.11 Å². The van der Waals surface area contributed by atoms with Gasteiger partial charge in [-0.3, -0.25) is 0 Å². The van der Waals surface area contributed by atoms with Crippen molar-refractivity contribution in [1.82, 2.24) is 0 Å². The van der Waals surface area contributed by atoms with Crippen LogP contribution in [-0.2, 0) is 0 Å². The second kappa shape index (κ2) is 6.02. The largest absolute Gasteiger partial charge is 0.384 e. The van der Waals surface area contributed by atoms with Gasteiger partial charge in [0.1, 0.15) is 6.10 Å². The zero-order valence-corrected chi connectivity index (χ0v) is 13.6. The summed E-state index contributed by atoms with van der Waals surface area (Å²) in [4.78, 5) is 1.22. The molecule has 1 atom stereocenters. The van der Waals surface area contributed by atoms with Gasteiger partial charge in [0.2, 0.25) is 0 Å². The van der Waals surface area contributed by atoms with E-state index in [-0.39, 0.29) is 0 Å². The summed E-state index contributed by atoms with van der Waals surface area (Å²) in [6.07, 6.45) is 1.51. The third-order valence-corrected chi connectivity index (χ3v) is 4.87. The second-order valence-electron chi connectivity index (χ2n) is 5.35. The third kappa shape index (κ3) is 2.77. The van der Waals surface area contributed by atoms with E-state index >= 15 is 0 Å². The topological polar surface area (TPSA) is 20.2 Å². The first-order chi connectivity index (χ1) is 9.45. The van der Waals surface area contributed by atoms with Gasteiger partial charge in [0.05, 0.1) is 0 Å². The van der Waals surface area contributed by atoms with Crippen molar-refractivity contribution in [2.45, 2.75) is 38.7 Å². The van der Waals surface area contributed by atoms with Gasteiger partial charge in [0.15, 0.2) is 0 Å². The Hall–Kier alpha value is -1.25. The van der Waals surface area contributed by atoms with Gasteiger partial charge < -0.3 is 5.11 Å². The summed E-state index contributed by atoms with van der Waals surface area (Å²) in [6, 6.07) is 10.4. The quantitative estimate of drug-likeness (QED) is 0.824. The summed E-state index contributed by atoms with van der Waals surface area (Å²) in [5.74, 6) is 0. The van der Waals surface area contributed by atoms with E-state index in [2.05, 4.69) is 52.1 Å². The van der Waals surface area contributed by atoms with Gasteiger partial charge in [-0.15, -0.1) is 11.8 Å². The smallest absolute Gasteiger partial charge is 0.105 e. The zero-order valence-electron chi connectivity index (χ0n) is 12.8. The molecule has 0 aliphatic heterocycles. The molecular weight excluding hydrogens is 264 g/mol. The molecule has 0 saturated carbocycles. The Balaban J connectivity index is 2.49. The summed E-state index contributed by atoms with van der Waals surface area (Å²) in [6.45, 7) is 8.40. The van der Waals surface area contributed by atoms with Gasteiger partial charge in [-0.25, -0.2) is 0 Å². The molecule has 2 aromatic rings. The Morgan fingerprint density at radius 3 is 1.85 bits per heavy atom. The highest BCUT2D eigenvalue weighted by Crippen LogP contribution is 2.32. The Kier molecular flexibility index (Phi) is 4.56. The average molecular weight is 286 g/mol. The molecule has 1 nitrogen and oxygen atoms in total. The van der Waals surface area contributed by atoms with Crippen molar-refractivity contribution in [3.63, 3.8) is 0 Å². The van der Waals surface area contributed by atoms with Crippen LogP contribution in [-0.4, -0.2) is 11.4 Å². The molecule has 0 fully saturated rings. The Morgan fingerprint density at radius 2 is 1.40 bits per heavy atom. The van der Waals surface area contributed by atoms with Crippen LogP contribution in [0.4, 0.5) is 0 Å². The molecule has 0 amide bonds. The highest BCUT2D eigenvalue weighted by atomic mass is 32.2. The minimum Gasteiger partial charge on any atom is -0.384 e. The van der Waals surface area contributed by atoms with Gasteiger partial charge in [-0.1, -0.05) is 18.2 Å². The molecule has 106 valence electrons. The van der Waals surface area contributed by atoms with Gasteiger partial charge in [0, 0.05) is 4.90 Å². The third-order valence-electron chi connectivity index (χ3n) is 4.13. The number of benzene rings is 2. The molecule has 0 aliphatic rings. The molecule has 0 saturated heterocycles. The lowest BCUT2D eigenvalue weighted by molar-refractivity contribution is 0.218. The normalized spacial score (nSPS) is 12.5. The lowest BCUT2D eigenvalue weighted by Crippen LogP contribution is -2.07. The van der Waals surface area contributed by atoms with Crippen molar-refractivity contribution in [1.29, 1.82) is 0 Å². The Bertz CT molecular complexity index is 588. The maximum absolute atomic E-state index is 10.8. The molecule has 2 rings (SSSR count). The van der Waals surface area contributed by atoms with E-state index in [0.717, 1.165) is 11.1 Å². The van der Waals surface area contributed by atoms with Crippen molar-refractivity contribution in [3.8, 4) is 0 Å². The van der Waals surface area contributed by atoms with Gasteiger partial charge in [0.25, 0.3) is 0 Å². The van der Waals surface area contributed by atoms with Crippen LogP contribution in [0.25, 0.3) is 0 Å². The molecule has 0 bridgehead atoms. The van der Waals surface area contributed by atoms with Crippen molar-refractivity contribution in [2.75, 3.05) is 6.26 Å². The van der Waals surface area contributed by atoms with Crippen LogP contribution >= 0.6 is 11.8 Å². The zero-order chi connectivity index (χ0) is 14.9. The van der Waals surface area contributed by atoms with Gasteiger partial charge in [-0.05, 0) is 79.5 Å². The summed E-state index contributed by atoms with van der Waals surface area (Å²) in [7, 11) is 0. The number of hydrogen-bond acceptors (Lipinski definition) is 2. The Morgan fingerprint density at radius 1 is 0.900 bits per heavy atom. The molecule has 2 aromatic carbocycles. The van der Waals surface area contributed by atoms with E-state index in [9.17, 15) is 5.11 Å². The summed E-state index contributed by atoms with van der Waals surface area (Å²) >= 11 is 1.71. The maximum Gasteiger partial charge on any atom is 0.105 e. The molecule has 1 N–H and O–H groups in total. The first-order valence-corrected chi connectivity index (χ1v) is 8.07. The first kappa shape index (κ1) is 15.1. The van der Waals surface area contributed by atoms with Crippen LogP contribution in [0.1, 0.15) is 39.5 Å². The van der Waals surface area contributed by atoms with E-state index in [1.165, 1.54) is 27.1 Å². The van der Waals surface area contributed by atoms with E-state index in [0.29, 0.717) is 0 Å². The molecule has 0 aliphatic carbocycles. The second-order valence-corrected chi connectivity index (χ2v) is 6.23. The number of aryl methyl sites for hydroxylation is 2. The lowest BCUT2D eigenvalue weighted by atomic mass is 9.88. The van der Waals surface area contributed by atoms with Crippen molar-refractivity contribution in [2.24, 2.45) is 0 Å². The van der Waals surface area contributed by atoms with Crippen LogP contribution in [0.3, 0.4) is 0 Å². The average Bonchev–Trinajstić information content (AvgIpc) is 2.45. The standard InChI is InChI=1S/C18H22OS/c1-11-10-12(2)14(4)17(13(11)3)18(19)15-6-8-16(20-5)9-7-15/h6-10,18-19H,1-5H3. The highest BCUT2D eigenvalue weighted by molar-refractivity contribution is 7.98. The van der Waals surface area contributed by atoms with Gasteiger partial charge in [-0.2, -0.15) is 0 Å². The minimum atomic E-state index is -0.551. The minimum absolute atomic E-state index is 0.551. The molecule has 0 spiro atoms. The molecule has 2 heteroatoms. The fraction of sp³-hybridized carbons (Fsp3) is 0.333. The molecule has 1 unspecified atom stereocenters. The van der Waals surface area contributed by atoms with E-state index in [1.54, 1.807) is 11.8 Å². The highest BCUT2D eigenvalue weighted by Gasteiger charge is 2.18. The predicted molar refractivity (Wildman–Crippen MR) is 87.7 cm³/mol. The summed E-state index contributed by atoms with van der Waals surface area (Å²) in [5, 5.41) is 10.8. The van der Waals surface area contributed by atoms with Crippen molar-refractivity contribution >= 4 is 11.8 Å². The van der Waals surface area contributed by atoms with E-state index in [1.807, 2.05) is 12.1 Å². The monoisotopic (exact) mass is 286 g/mol. The van der Waals surface area contributed by atoms with Gasteiger partial charge >= 0.3 is 0 Å². The van der Waals surface area contributed by atoms with Crippen LogP contribution < -0.4 is 0 Å². The number of rotatable bonds is 3. The lowest BCUT2D eigenvalue weighted by Gasteiger charge is -2.20. The molecule has 0 aromatic heterocycles. The van der Waals surface area contributed by atoms with E-state index in [4.69, 9.17) is 0 Å². The van der Waals surface area contributed by atoms with Crippen molar-refractivity contribution in [3.05, 3.63) is 63.7 Å². The predicted octanol–water partition coefficient (Wildman–Crippen LogP) is 4.72. The van der Waals surface area contributed by atoms with Crippen LogP contribution in [0.5, 0.6) is 0 Å². The number of hydrogen-bond donors (Lipinski definition) is 1. The van der Waals surface area contributed by atoms with Crippen LogP contribution in [0.15, 0.2) is 35.2 Å². The van der Waals surface area contributed by atoms with Crippen LogP contribution in [0, 0.1) is 27.7 Å².